The molecule has 4 nitrogen and oxygen atoms in total. The highest BCUT2D eigenvalue weighted by Gasteiger charge is 2.14. The van der Waals surface area contributed by atoms with Crippen LogP contribution in [0.4, 0.5) is 5.69 Å². The Morgan fingerprint density at radius 3 is 2.43 bits per heavy atom. The normalized spacial score (nSPS) is 11.6. The Kier molecular flexibility index (Phi) is 5.77. The Balaban J connectivity index is 1.90. The third-order valence-electron chi connectivity index (χ3n) is 3.54. The quantitative estimate of drug-likeness (QED) is 0.818. The molecule has 0 spiro atoms. The van der Waals surface area contributed by atoms with Gasteiger partial charge >= 0.3 is 0 Å². The number of hydrogen-bond donors (Lipinski definition) is 2. The molecule has 0 aliphatic rings. The van der Waals surface area contributed by atoms with Gasteiger partial charge in [0.15, 0.2) is 0 Å². The lowest BCUT2D eigenvalue weighted by Crippen LogP contribution is -2.30. The molecule has 0 aliphatic carbocycles. The van der Waals surface area contributed by atoms with E-state index in [9.17, 15) is 9.59 Å². The van der Waals surface area contributed by atoms with E-state index in [2.05, 4.69) is 10.6 Å². The molecule has 0 saturated carbocycles. The lowest BCUT2D eigenvalue weighted by molar-refractivity contribution is -0.127. The first-order valence-electron chi connectivity index (χ1n) is 7.36. The summed E-state index contributed by atoms with van der Waals surface area (Å²) in [5.41, 5.74) is 2.39. The van der Waals surface area contributed by atoms with Crippen LogP contribution >= 0.6 is 11.6 Å². The first-order chi connectivity index (χ1) is 11.0. The molecule has 23 heavy (non-hydrogen) atoms. The molecule has 2 aromatic carbocycles. The second-order valence-corrected chi connectivity index (χ2v) is 5.74. The number of amides is 2. The van der Waals surface area contributed by atoms with Gasteiger partial charge < -0.3 is 10.6 Å². The number of rotatable bonds is 5. The van der Waals surface area contributed by atoms with Gasteiger partial charge in [0.1, 0.15) is 6.42 Å². The van der Waals surface area contributed by atoms with Crippen molar-refractivity contribution in [2.45, 2.75) is 26.3 Å². The Hall–Kier alpha value is -2.33. The van der Waals surface area contributed by atoms with E-state index in [-0.39, 0.29) is 24.3 Å². The average Bonchev–Trinajstić information content (AvgIpc) is 2.52. The number of halogens is 1. The maximum absolute atomic E-state index is 12.0. The Morgan fingerprint density at radius 1 is 1.04 bits per heavy atom. The fourth-order valence-corrected chi connectivity index (χ4v) is 2.38. The molecule has 5 heteroatoms. The molecule has 0 radical (unpaired) electrons. The summed E-state index contributed by atoms with van der Waals surface area (Å²) in [4.78, 5) is 24.0. The maximum atomic E-state index is 12.0. The maximum Gasteiger partial charge on any atom is 0.233 e. The minimum absolute atomic E-state index is 0.149. The lowest BCUT2D eigenvalue weighted by Gasteiger charge is -2.14. The smallest absolute Gasteiger partial charge is 0.233 e. The number of nitrogens with one attached hydrogen (secondary N) is 2. The second-order valence-electron chi connectivity index (χ2n) is 5.34. The first-order valence-corrected chi connectivity index (χ1v) is 7.74. The van der Waals surface area contributed by atoms with Crippen LogP contribution in [0.25, 0.3) is 0 Å². The van der Waals surface area contributed by atoms with Gasteiger partial charge in [0.25, 0.3) is 0 Å². The molecular formula is C18H19ClN2O2. The number of benzene rings is 2. The second kappa shape index (κ2) is 7.79. The van der Waals surface area contributed by atoms with Crippen molar-refractivity contribution < 1.29 is 9.59 Å². The number of carbonyl (C=O) groups excluding carboxylic acids is 2. The summed E-state index contributed by atoms with van der Waals surface area (Å²) in [6.07, 6.45) is -0.233. The van der Waals surface area contributed by atoms with Crippen LogP contribution in [0.5, 0.6) is 0 Å². The van der Waals surface area contributed by atoms with Crippen LogP contribution in [0.1, 0.15) is 30.5 Å². The van der Waals surface area contributed by atoms with Crippen molar-refractivity contribution >= 4 is 29.1 Å². The first kappa shape index (κ1) is 17.0. The van der Waals surface area contributed by atoms with E-state index in [0.717, 1.165) is 11.1 Å². The molecule has 0 aromatic heterocycles. The highest BCUT2D eigenvalue weighted by molar-refractivity contribution is 6.31. The van der Waals surface area contributed by atoms with Gasteiger partial charge in [0.2, 0.25) is 11.8 Å². The highest BCUT2D eigenvalue weighted by Crippen LogP contribution is 2.23. The summed E-state index contributed by atoms with van der Waals surface area (Å²) in [6.45, 7) is 3.70. The lowest BCUT2D eigenvalue weighted by atomic mass is 10.1. The van der Waals surface area contributed by atoms with E-state index < -0.39 is 0 Å². The monoisotopic (exact) mass is 330 g/mol. The Morgan fingerprint density at radius 2 is 1.74 bits per heavy atom. The van der Waals surface area contributed by atoms with Crippen molar-refractivity contribution in [1.29, 1.82) is 0 Å². The van der Waals surface area contributed by atoms with Crippen LogP contribution in [0.15, 0.2) is 48.5 Å². The molecule has 1 atom stereocenters. The predicted octanol–water partition coefficient (Wildman–Crippen LogP) is 3.85. The van der Waals surface area contributed by atoms with E-state index in [0.29, 0.717) is 10.7 Å². The Bertz CT molecular complexity index is 701. The van der Waals surface area contributed by atoms with Gasteiger partial charge in [-0.1, -0.05) is 48.0 Å². The fourth-order valence-electron chi connectivity index (χ4n) is 2.20. The van der Waals surface area contributed by atoms with E-state index in [1.165, 1.54) is 0 Å². The third kappa shape index (κ3) is 4.83. The van der Waals surface area contributed by atoms with Gasteiger partial charge in [-0.15, -0.1) is 0 Å². The molecule has 2 aromatic rings. The fraction of sp³-hybridized carbons (Fsp3) is 0.222. The van der Waals surface area contributed by atoms with Crippen molar-refractivity contribution in [2.24, 2.45) is 0 Å². The summed E-state index contributed by atoms with van der Waals surface area (Å²) in [5.74, 6) is -0.688. The van der Waals surface area contributed by atoms with Crippen molar-refractivity contribution in [3.8, 4) is 0 Å². The van der Waals surface area contributed by atoms with Crippen LogP contribution in [-0.4, -0.2) is 11.8 Å². The highest BCUT2D eigenvalue weighted by atomic mass is 35.5. The molecule has 1 unspecified atom stereocenters. The van der Waals surface area contributed by atoms with Crippen molar-refractivity contribution in [3.05, 3.63) is 64.7 Å². The van der Waals surface area contributed by atoms with Crippen molar-refractivity contribution in [2.75, 3.05) is 5.32 Å². The standard InChI is InChI=1S/C18H19ClN2O2/c1-12-15(19)9-6-10-16(12)21-18(23)11-17(22)20-13(2)14-7-4-3-5-8-14/h3-10,13H,11H2,1-2H3,(H,20,22)(H,21,23). The SMILES string of the molecule is Cc1c(Cl)cccc1NC(=O)CC(=O)NC(C)c1ccccc1. The van der Waals surface area contributed by atoms with Gasteiger partial charge in [-0.2, -0.15) is 0 Å². The van der Waals surface area contributed by atoms with Gasteiger partial charge in [-0.25, -0.2) is 0 Å². The van der Waals surface area contributed by atoms with Crippen molar-refractivity contribution in [1.82, 2.24) is 5.32 Å². The molecule has 0 fully saturated rings. The van der Waals surface area contributed by atoms with Gasteiger partial charge in [-0.3, -0.25) is 9.59 Å². The molecule has 120 valence electrons. The summed E-state index contributed by atoms with van der Waals surface area (Å²) >= 11 is 6.01. The average molecular weight is 331 g/mol. The zero-order valence-electron chi connectivity index (χ0n) is 13.1. The summed E-state index contributed by atoms with van der Waals surface area (Å²) in [6, 6.07) is 14.7. The molecule has 0 saturated heterocycles. The molecule has 0 aliphatic heterocycles. The van der Waals surface area contributed by atoms with Gasteiger partial charge in [-0.05, 0) is 37.1 Å². The molecule has 2 amide bonds. The summed E-state index contributed by atoms with van der Waals surface area (Å²) in [5, 5.41) is 6.10. The molecule has 2 rings (SSSR count). The number of hydrogen-bond acceptors (Lipinski definition) is 2. The van der Waals surface area contributed by atoms with E-state index in [4.69, 9.17) is 11.6 Å². The minimum Gasteiger partial charge on any atom is -0.349 e. The van der Waals surface area contributed by atoms with E-state index in [1.54, 1.807) is 18.2 Å². The van der Waals surface area contributed by atoms with Gasteiger partial charge in [0.05, 0.1) is 6.04 Å². The topological polar surface area (TPSA) is 58.2 Å². The minimum atomic E-state index is -0.367. The predicted molar refractivity (Wildman–Crippen MR) is 92.4 cm³/mol. The Labute approximate surface area is 140 Å². The third-order valence-corrected chi connectivity index (χ3v) is 3.95. The molecule has 0 heterocycles. The zero-order valence-corrected chi connectivity index (χ0v) is 13.9. The zero-order chi connectivity index (χ0) is 16.8. The van der Waals surface area contributed by atoms with Crippen LogP contribution < -0.4 is 10.6 Å². The number of carbonyl (C=O) groups is 2. The largest absolute Gasteiger partial charge is 0.349 e. The van der Waals surface area contributed by atoms with Crippen LogP contribution in [0.2, 0.25) is 5.02 Å². The molecular weight excluding hydrogens is 312 g/mol. The summed E-state index contributed by atoms with van der Waals surface area (Å²) in [7, 11) is 0. The van der Waals surface area contributed by atoms with Gasteiger partial charge in [0, 0.05) is 10.7 Å². The number of anilines is 1. The van der Waals surface area contributed by atoms with Crippen LogP contribution in [-0.2, 0) is 9.59 Å². The molecule has 0 bridgehead atoms. The molecule has 2 N–H and O–H groups in total. The van der Waals surface area contributed by atoms with E-state index >= 15 is 0 Å². The van der Waals surface area contributed by atoms with Crippen LogP contribution in [0.3, 0.4) is 0 Å². The van der Waals surface area contributed by atoms with E-state index in [1.807, 2.05) is 44.2 Å². The van der Waals surface area contributed by atoms with Crippen LogP contribution in [0, 0.1) is 6.92 Å². The summed E-state index contributed by atoms with van der Waals surface area (Å²) < 4.78 is 0. The van der Waals surface area contributed by atoms with Crippen molar-refractivity contribution in [3.63, 3.8) is 0 Å².